The van der Waals surface area contributed by atoms with E-state index in [0.717, 1.165) is 19.6 Å². The van der Waals surface area contributed by atoms with Gasteiger partial charge >= 0.3 is 0 Å². The number of hydrogen-bond donors (Lipinski definition) is 1. The molecule has 0 saturated carbocycles. The molecule has 0 spiro atoms. The smallest absolute Gasteiger partial charge is 0.259 e. The lowest BCUT2D eigenvalue weighted by atomic mass is 10.1. The second-order valence-corrected chi connectivity index (χ2v) is 4.31. The molecule has 1 fully saturated rings. The summed E-state index contributed by atoms with van der Waals surface area (Å²) in [7, 11) is 0. The Morgan fingerprint density at radius 2 is 2.31 bits per heavy atom. The van der Waals surface area contributed by atoms with Crippen molar-refractivity contribution in [3.8, 4) is 0 Å². The van der Waals surface area contributed by atoms with Gasteiger partial charge in [-0.3, -0.25) is 4.79 Å². The molecule has 0 radical (unpaired) electrons. The van der Waals surface area contributed by atoms with Crippen LogP contribution in [0.3, 0.4) is 0 Å². The van der Waals surface area contributed by atoms with Gasteiger partial charge in [0.15, 0.2) is 0 Å². The van der Waals surface area contributed by atoms with Gasteiger partial charge in [0.1, 0.15) is 11.3 Å². The molecule has 88 valence electrons. The molecule has 1 unspecified atom stereocenters. The number of nitrogens with zero attached hydrogens (tertiary/aromatic N) is 2. The molecule has 5 nitrogen and oxygen atoms in total. The number of nitrogens with one attached hydrogen (secondary N) is 1. The van der Waals surface area contributed by atoms with Gasteiger partial charge in [-0.15, -0.1) is 0 Å². The quantitative estimate of drug-likeness (QED) is 0.762. The summed E-state index contributed by atoms with van der Waals surface area (Å²) < 4.78 is 5.02. The van der Waals surface area contributed by atoms with Crippen molar-refractivity contribution in [2.24, 2.45) is 0 Å². The second kappa shape index (κ2) is 4.25. The first-order valence-electron chi connectivity index (χ1n) is 5.55. The number of carbonyl (C=O) groups excluding carboxylic acids is 1. The summed E-state index contributed by atoms with van der Waals surface area (Å²) in [5.74, 6) is 0.637. The van der Waals surface area contributed by atoms with E-state index in [0.29, 0.717) is 23.1 Å². The molecule has 0 bridgehead atoms. The van der Waals surface area contributed by atoms with Crippen molar-refractivity contribution in [1.29, 1.82) is 0 Å². The highest BCUT2D eigenvalue weighted by molar-refractivity contribution is 5.96. The van der Waals surface area contributed by atoms with E-state index < -0.39 is 0 Å². The van der Waals surface area contributed by atoms with E-state index in [1.807, 2.05) is 4.90 Å². The fourth-order valence-corrected chi connectivity index (χ4v) is 2.06. The normalized spacial score (nSPS) is 21.2. The molecule has 0 aliphatic carbocycles. The largest absolute Gasteiger partial charge is 0.361 e. The average Bonchev–Trinajstić information content (AvgIpc) is 2.58. The summed E-state index contributed by atoms with van der Waals surface area (Å²) in [6.45, 7) is 7.98. The van der Waals surface area contributed by atoms with Crippen LogP contribution in [-0.2, 0) is 0 Å². The Kier molecular flexibility index (Phi) is 2.96. The van der Waals surface area contributed by atoms with Crippen molar-refractivity contribution in [1.82, 2.24) is 15.4 Å². The molecule has 2 rings (SSSR count). The lowest BCUT2D eigenvalue weighted by Gasteiger charge is -2.31. The van der Waals surface area contributed by atoms with Crippen LogP contribution in [0.4, 0.5) is 0 Å². The van der Waals surface area contributed by atoms with E-state index in [1.165, 1.54) is 0 Å². The first-order valence-corrected chi connectivity index (χ1v) is 5.55. The second-order valence-electron chi connectivity index (χ2n) is 4.31. The van der Waals surface area contributed by atoms with Gasteiger partial charge in [-0.2, -0.15) is 0 Å². The van der Waals surface area contributed by atoms with Crippen molar-refractivity contribution < 1.29 is 9.32 Å². The van der Waals surface area contributed by atoms with Crippen LogP contribution >= 0.6 is 0 Å². The van der Waals surface area contributed by atoms with Gasteiger partial charge < -0.3 is 14.7 Å². The van der Waals surface area contributed by atoms with Gasteiger partial charge in [-0.25, -0.2) is 0 Å². The van der Waals surface area contributed by atoms with Crippen LogP contribution in [0.2, 0.25) is 0 Å². The van der Waals surface area contributed by atoms with E-state index in [9.17, 15) is 4.79 Å². The zero-order valence-electron chi connectivity index (χ0n) is 9.91. The lowest BCUT2D eigenvalue weighted by molar-refractivity contribution is 0.0706. The van der Waals surface area contributed by atoms with Crippen LogP contribution in [0.25, 0.3) is 0 Å². The number of aromatic nitrogens is 1. The summed E-state index contributed by atoms with van der Waals surface area (Å²) in [6, 6.07) is 0.346. The predicted octanol–water partition coefficient (Wildman–Crippen LogP) is 0.725. The summed E-state index contributed by atoms with van der Waals surface area (Å²) in [6.07, 6.45) is 0. The first-order chi connectivity index (χ1) is 7.59. The van der Waals surface area contributed by atoms with Crippen LogP contribution in [-0.4, -0.2) is 41.6 Å². The van der Waals surface area contributed by atoms with E-state index >= 15 is 0 Å². The molecule has 0 aromatic carbocycles. The zero-order valence-corrected chi connectivity index (χ0v) is 9.91. The van der Waals surface area contributed by atoms with E-state index in [2.05, 4.69) is 17.4 Å². The van der Waals surface area contributed by atoms with Crippen molar-refractivity contribution >= 4 is 5.91 Å². The molecule has 1 aliphatic heterocycles. The van der Waals surface area contributed by atoms with Crippen LogP contribution in [0.15, 0.2) is 4.52 Å². The van der Waals surface area contributed by atoms with Crippen molar-refractivity contribution in [2.45, 2.75) is 26.8 Å². The monoisotopic (exact) mass is 223 g/mol. The Balaban J connectivity index is 2.18. The zero-order chi connectivity index (χ0) is 11.7. The number of hydrogen-bond acceptors (Lipinski definition) is 4. The maximum atomic E-state index is 12.2. The molecule has 1 aromatic rings. The van der Waals surface area contributed by atoms with Gasteiger partial charge in [-0.05, 0) is 20.8 Å². The van der Waals surface area contributed by atoms with Crippen molar-refractivity contribution in [2.75, 3.05) is 19.6 Å². The molecule has 5 heteroatoms. The van der Waals surface area contributed by atoms with Gasteiger partial charge in [0.25, 0.3) is 5.91 Å². The van der Waals surface area contributed by atoms with E-state index in [4.69, 9.17) is 4.52 Å². The van der Waals surface area contributed by atoms with E-state index in [-0.39, 0.29) is 5.91 Å². The third kappa shape index (κ3) is 1.95. The highest BCUT2D eigenvalue weighted by Crippen LogP contribution is 2.15. The molecule has 1 amide bonds. The Labute approximate surface area is 94.8 Å². The lowest BCUT2D eigenvalue weighted by Crippen LogP contribution is -2.51. The summed E-state index contributed by atoms with van der Waals surface area (Å²) in [4.78, 5) is 14.1. The summed E-state index contributed by atoms with van der Waals surface area (Å²) >= 11 is 0. The predicted molar refractivity (Wildman–Crippen MR) is 59.3 cm³/mol. The maximum Gasteiger partial charge on any atom is 0.259 e. The highest BCUT2D eigenvalue weighted by Gasteiger charge is 2.26. The molecular formula is C11H17N3O2. The van der Waals surface area contributed by atoms with Gasteiger partial charge in [0, 0.05) is 25.7 Å². The average molecular weight is 223 g/mol. The molecule has 2 heterocycles. The topological polar surface area (TPSA) is 58.4 Å². The first kappa shape index (κ1) is 11.1. The number of amides is 1. The molecular weight excluding hydrogens is 206 g/mol. The fourth-order valence-electron chi connectivity index (χ4n) is 2.06. The Hall–Kier alpha value is -1.36. The van der Waals surface area contributed by atoms with Crippen LogP contribution in [0.5, 0.6) is 0 Å². The van der Waals surface area contributed by atoms with Gasteiger partial charge in [-0.1, -0.05) is 5.16 Å². The van der Waals surface area contributed by atoms with Crippen molar-refractivity contribution in [3.63, 3.8) is 0 Å². The number of rotatable bonds is 1. The van der Waals surface area contributed by atoms with Crippen LogP contribution in [0.1, 0.15) is 28.7 Å². The molecule has 16 heavy (non-hydrogen) atoms. The Morgan fingerprint density at radius 3 is 2.88 bits per heavy atom. The fraction of sp³-hybridized carbons (Fsp3) is 0.636. The number of carbonyl (C=O) groups is 1. The maximum absolute atomic E-state index is 12.2. The van der Waals surface area contributed by atoms with Crippen LogP contribution < -0.4 is 5.32 Å². The highest BCUT2D eigenvalue weighted by atomic mass is 16.5. The molecule has 1 aromatic heterocycles. The number of piperazine rings is 1. The molecule has 1 atom stereocenters. The van der Waals surface area contributed by atoms with Crippen molar-refractivity contribution in [3.05, 3.63) is 17.0 Å². The minimum absolute atomic E-state index is 0.0320. The number of aryl methyl sites for hydroxylation is 2. The van der Waals surface area contributed by atoms with E-state index in [1.54, 1.807) is 13.8 Å². The van der Waals surface area contributed by atoms with Gasteiger partial charge in [0.05, 0.1) is 5.69 Å². The van der Waals surface area contributed by atoms with Crippen LogP contribution in [0, 0.1) is 13.8 Å². The third-order valence-electron chi connectivity index (χ3n) is 2.90. The Morgan fingerprint density at radius 1 is 1.56 bits per heavy atom. The third-order valence-corrected chi connectivity index (χ3v) is 2.90. The minimum atomic E-state index is 0.0320. The molecule has 1 N–H and O–H groups in total. The summed E-state index contributed by atoms with van der Waals surface area (Å²) in [5, 5.41) is 7.12. The Bertz CT molecular complexity index is 380. The minimum Gasteiger partial charge on any atom is -0.361 e. The molecule has 1 aliphatic rings. The standard InChI is InChI=1S/C11H17N3O2/c1-7-6-14(5-4-12-7)11(15)10-8(2)13-16-9(10)3/h7,12H,4-6H2,1-3H3. The van der Waals surface area contributed by atoms with Gasteiger partial charge in [0.2, 0.25) is 0 Å². The SMILES string of the molecule is Cc1noc(C)c1C(=O)N1CCNC(C)C1. The summed E-state index contributed by atoms with van der Waals surface area (Å²) in [5.41, 5.74) is 1.29. The molecule has 1 saturated heterocycles.